The molecule has 0 saturated carbocycles. The lowest BCUT2D eigenvalue weighted by Crippen LogP contribution is -2.34. The molecule has 2 amide bonds. The van der Waals surface area contributed by atoms with Crippen molar-refractivity contribution in [2.45, 2.75) is 30.9 Å². The van der Waals surface area contributed by atoms with Gasteiger partial charge in [0.2, 0.25) is 11.8 Å². The maximum Gasteiger partial charge on any atom is 0.307 e. The number of methoxy groups -OCH3 is 1. The molecule has 0 aromatic carbocycles. The van der Waals surface area contributed by atoms with Crippen LogP contribution in [0.15, 0.2) is 11.1 Å². The van der Waals surface area contributed by atoms with E-state index >= 15 is 0 Å². The van der Waals surface area contributed by atoms with E-state index in [-0.39, 0.29) is 18.2 Å². The monoisotopic (exact) mass is 298 g/mol. The number of hydrogen-bond acceptors (Lipinski definition) is 5. The Morgan fingerprint density at radius 3 is 2.75 bits per heavy atom. The molecule has 1 unspecified atom stereocenters. The van der Waals surface area contributed by atoms with Gasteiger partial charge >= 0.3 is 5.97 Å². The van der Waals surface area contributed by atoms with E-state index in [0.29, 0.717) is 5.03 Å². The average Bonchev–Trinajstić information content (AvgIpc) is 2.79. The quantitative estimate of drug-likeness (QED) is 0.611. The molecule has 7 heteroatoms. The third-order valence-electron chi connectivity index (χ3n) is 3.31. The van der Waals surface area contributed by atoms with E-state index in [9.17, 15) is 14.4 Å². The number of likely N-dealkylation sites (tertiary alicyclic amines) is 1. The second-order valence-electron chi connectivity index (χ2n) is 4.77. The summed E-state index contributed by atoms with van der Waals surface area (Å²) in [6, 6.07) is 0. The van der Waals surface area contributed by atoms with E-state index in [4.69, 9.17) is 0 Å². The zero-order valence-corrected chi connectivity index (χ0v) is 12.2. The number of nitrogens with zero attached hydrogens (tertiary/aromatic N) is 1. The Morgan fingerprint density at radius 1 is 1.40 bits per heavy atom. The smallest absolute Gasteiger partial charge is 0.307 e. The Balaban J connectivity index is 1.93. The molecular formula is C13H18N2O4S. The topological polar surface area (TPSA) is 75.7 Å². The Morgan fingerprint density at radius 2 is 2.10 bits per heavy atom. The van der Waals surface area contributed by atoms with Gasteiger partial charge in [0.15, 0.2) is 0 Å². The number of rotatable bonds is 3. The fourth-order valence-corrected chi connectivity index (χ4v) is 3.22. The highest BCUT2D eigenvalue weighted by Crippen LogP contribution is 2.29. The molecule has 1 atom stereocenters. The lowest BCUT2D eigenvalue weighted by molar-refractivity contribution is -0.141. The lowest BCUT2D eigenvalue weighted by atomic mass is 10.1. The number of thioether (sulfide) groups is 1. The van der Waals surface area contributed by atoms with E-state index in [1.807, 2.05) is 0 Å². The molecule has 2 heterocycles. The summed E-state index contributed by atoms with van der Waals surface area (Å²) >= 11 is 1.21. The van der Waals surface area contributed by atoms with Crippen LogP contribution < -0.4 is 5.32 Å². The molecule has 1 N–H and O–H groups in total. The number of hydrogen-bond donors (Lipinski definition) is 1. The van der Waals surface area contributed by atoms with Crippen LogP contribution in [-0.4, -0.2) is 48.1 Å². The van der Waals surface area contributed by atoms with Gasteiger partial charge in [0.1, 0.15) is 5.25 Å². The van der Waals surface area contributed by atoms with Crippen LogP contribution in [0.1, 0.15) is 25.7 Å². The molecule has 0 spiro atoms. The van der Waals surface area contributed by atoms with Crippen LogP contribution in [-0.2, 0) is 19.1 Å². The number of piperidine rings is 1. The van der Waals surface area contributed by atoms with Crippen LogP contribution in [0.4, 0.5) is 0 Å². The molecular weight excluding hydrogens is 280 g/mol. The summed E-state index contributed by atoms with van der Waals surface area (Å²) in [5.41, 5.74) is 0. The Hall–Kier alpha value is -1.50. The fraction of sp³-hybridized carbons (Fsp3) is 0.615. The van der Waals surface area contributed by atoms with Gasteiger partial charge in [-0.15, -0.1) is 0 Å². The van der Waals surface area contributed by atoms with Gasteiger partial charge in [-0.2, -0.15) is 0 Å². The van der Waals surface area contributed by atoms with Crippen LogP contribution in [0.25, 0.3) is 0 Å². The summed E-state index contributed by atoms with van der Waals surface area (Å²) in [5, 5.41) is 2.64. The molecule has 0 radical (unpaired) electrons. The maximum absolute atomic E-state index is 12.0. The van der Waals surface area contributed by atoms with Gasteiger partial charge in [0.05, 0.1) is 18.6 Å². The molecule has 110 valence electrons. The van der Waals surface area contributed by atoms with Crippen LogP contribution in [0.5, 0.6) is 0 Å². The molecule has 2 saturated heterocycles. The van der Waals surface area contributed by atoms with E-state index in [1.54, 1.807) is 4.90 Å². The normalized spacial score (nSPS) is 24.6. The van der Waals surface area contributed by atoms with Crippen LogP contribution in [0.2, 0.25) is 0 Å². The molecule has 2 aliphatic rings. The van der Waals surface area contributed by atoms with E-state index in [2.05, 4.69) is 10.1 Å². The van der Waals surface area contributed by atoms with Crippen LogP contribution in [0.3, 0.4) is 0 Å². The van der Waals surface area contributed by atoms with Gasteiger partial charge in [-0.1, -0.05) is 11.8 Å². The molecule has 2 fully saturated rings. The van der Waals surface area contributed by atoms with Crippen LogP contribution in [0, 0.1) is 0 Å². The molecule has 0 aromatic heterocycles. The number of esters is 1. The third-order valence-corrected chi connectivity index (χ3v) is 4.45. The summed E-state index contributed by atoms with van der Waals surface area (Å²) in [7, 11) is 1.29. The molecule has 2 aliphatic heterocycles. The molecule has 0 aromatic rings. The minimum atomic E-state index is -0.511. The number of nitrogens with one attached hydrogen (secondary N) is 1. The van der Waals surface area contributed by atoms with Gasteiger partial charge in [0.25, 0.3) is 0 Å². The number of carbonyl (C=O) groups excluding carboxylic acids is 3. The fourth-order valence-electron chi connectivity index (χ4n) is 2.20. The van der Waals surface area contributed by atoms with Gasteiger partial charge in [-0.05, 0) is 19.3 Å². The SMILES string of the molecule is COC(=O)CC1SC(=CC(=O)N2CCCCC2)NC1=O. The molecule has 20 heavy (non-hydrogen) atoms. The first-order chi connectivity index (χ1) is 9.60. The molecule has 0 aliphatic carbocycles. The summed E-state index contributed by atoms with van der Waals surface area (Å²) in [6.45, 7) is 1.54. The Labute approximate surface area is 121 Å². The van der Waals surface area contributed by atoms with Gasteiger partial charge < -0.3 is 15.0 Å². The highest BCUT2D eigenvalue weighted by molar-refractivity contribution is 8.04. The highest BCUT2D eigenvalue weighted by Gasteiger charge is 2.32. The first-order valence-corrected chi connectivity index (χ1v) is 7.53. The second-order valence-corrected chi connectivity index (χ2v) is 6.02. The highest BCUT2D eigenvalue weighted by atomic mass is 32.2. The summed E-state index contributed by atoms with van der Waals surface area (Å²) in [4.78, 5) is 36.7. The number of amides is 2. The predicted octanol–water partition coefficient (Wildman–Crippen LogP) is 0.635. The van der Waals surface area contributed by atoms with Gasteiger partial charge in [-0.3, -0.25) is 14.4 Å². The molecule has 0 bridgehead atoms. The van der Waals surface area contributed by atoms with Crippen molar-refractivity contribution < 1.29 is 19.1 Å². The second kappa shape index (κ2) is 6.78. The number of ether oxygens (including phenoxy) is 1. The standard InChI is InChI=1S/C13H18N2O4S/c1-19-12(17)7-9-13(18)14-10(20-9)8-11(16)15-5-3-2-4-6-15/h8-9H,2-7H2,1H3,(H,14,18). The molecule has 6 nitrogen and oxygen atoms in total. The zero-order chi connectivity index (χ0) is 14.5. The van der Waals surface area contributed by atoms with Crippen molar-refractivity contribution in [1.82, 2.24) is 10.2 Å². The van der Waals surface area contributed by atoms with Crippen molar-refractivity contribution in [2.24, 2.45) is 0 Å². The lowest BCUT2D eigenvalue weighted by Gasteiger charge is -2.25. The minimum Gasteiger partial charge on any atom is -0.469 e. The Bertz CT molecular complexity index is 444. The van der Waals surface area contributed by atoms with Crippen molar-refractivity contribution >= 4 is 29.5 Å². The zero-order valence-electron chi connectivity index (χ0n) is 11.4. The van der Waals surface area contributed by atoms with E-state index in [0.717, 1.165) is 32.4 Å². The third kappa shape index (κ3) is 3.75. The van der Waals surface area contributed by atoms with E-state index < -0.39 is 11.2 Å². The predicted molar refractivity (Wildman–Crippen MR) is 74.7 cm³/mol. The summed E-state index contributed by atoms with van der Waals surface area (Å²) < 4.78 is 4.55. The van der Waals surface area contributed by atoms with Crippen molar-refractivity contribution in [1.29, 1.82) is 0 Å². The number of carbonyl (C=O) groups is 3. The Kier molecular flexibility index (Phi) is 5.05. The maximum atomic E-state index is 12.0. The van der Waals surface area contributed by atoms with Crippen molar-refractivity contribution in [2.75, 3.05) is 20.2 Å². The summed E-state index contributed by atoms with van der Waals surface area (Å²) in [6.07, 6.45) is 4.68. The van der Waals surface area contributed by atoms with Crippen LogP contribution >= 0.6 is 11.8 Å². The van der Waals surface area contributed by atoms with Gasteiger partial charge in [0, 0.05) is 19.2 Å². The van der Waals surface area contributed by atoms with Crippen molar-refractivity contribution in [3.8, 4) is 0 Å². The largest absolute Gasteiger partial charge is 0.469 e. The van der Waals surface area contributed by atoms with Crippen molar-refractivity contribution in [3.05, 3.63) is 11.1 Å². The van der Waals surface area contributed by atoms with Gasteiger partial charge in [-0.25, -0.2) is 0 Å². The van der Waals surface area contributed by atoms with E-state index in [1.165, 1.54) is 24.9 Å². The van der Waals surface area contributed by atoms with Crippen molar-refractivity contribution in [3.63, 3.8) is 0 Å². The summed E-state index contributed by atoms with van der Waals surface area (Å²) in [5.74, 6) is -0.759. The first kappa shape index (κ1) is 14.9. The first-order valence-electron chi connectivity index (χ1n) is 6.65. The minimum absolute atomic E-state index is 0.0161. The average molecular weight is 298 g/mol. The molecule has 2 rings (SSSR count).